The number of benzene rings is 10. The first-order chi connectivity index (χ1) is 26.7. The molecular formula is C48H24O6. The summed E-state index contributed by atoms with van der Waals surface area (Å²) in [7, 11) is 0. The Morgan fingerprint density at radius 1 is 0.204 bits per heavy atom. The summed E-state index contributed by atoms with van der Waals surface area (Å²) in [5.41, 5.74) is 7.94. The van der Waals surface area contributed by atoms with Crippen molar-refractivity contribution < 1.29 is 26.5 Å². The first-order valence-corrected chi connectivity index (χ1v) is 17.9. The van der Waals surface area contributed by atoms with Crippen LogP contribution in [0.3, 0.4) is 0 Å². The fourth-order valence-corrected chi connectivity index (χ4v) is 8.41. The SMILES string of the molecule is c1ccc2c(c1)ccc1oc3cc4c(cc3oc12)c1cc2oc3ccc5ccccc5c3oc2cc1c1cc2oc3ccc5ccccc5c3oc2cc41. The van der Waals surface area contributed by atoms with Gasteiger partial charge < -0.3 is 26.5 Å². The zero-order chi connectivity index (χ0) is 35.1. The molecule has 0 radical (unpaired) electrons. The van der Waals surface area contributed by atoms with E-state index in [1.807, 2.05) is 54.6 Å². The fourth-order valence-electron chi connectivity index (χ4n) is 8.41. The molecule has 0 aliphatic carbocycles. The van der Waals surface area contributed by atoms with Gasteiger partial charge in [0.1, 0.15) is 0 Å². The van der Waals surface area contributed by atoms with Crippen molar-refractivity contribution in [3.63, 3.8) is 0 Å². The molecule has 3 heterocycles. The van der Waals surface area contributed by atoms with Crippen LogP contribution in [0.2, 0.25) is 0 Å². The van der Waals surface area contributed by atoms with E-state index in [2.05, 4.69) is 91.0 Å². The van der Waals surface area contributed by atoms with Gasteiger partial charge in [-0.3, -0.25) is 0 Å². The van der Waals surface area contributed by atoms with Crippen LogP contribution in [0.25, 0.3) is 132 Å². The van der Waals surface area contributed by atoms with Crippen molar-refractivity contribution in [2.75, 3.05) is 0 Å². The van der Waals surface area contributed by atoms with Gasteiger partial charge in [0.05, 0.1) is 0 Å². The van der Waals surface area contributed by atoms with E-state index in [9.17, 15) is 0 Å². The molecule has 10 aromatic carbocycles. The Kier molecular flexibility index (Phi) is 5.28. The Balaban J connectivity index is 1.20. The van der Waals surface area contributed by atoms with Crippen molar-refractivity contribution in [1.29, 1.82) is 0 Å². The van der Waals surface area contributed by atoms with Crippen molar-refractivity contribution in [1.82, 2.24) is 0 Å². The molecule has 54 heavy (non-hydrogen) atoms. The minimum absolute atomic E-state index is 0.635. The van der Waals surface area contributed by atoms with Gasteiger partial charge in [-0.05, 0) is 103 Å². The molecule has 0 saturated heterocycles. The highest BCUT2D eigenvalue weighted by Crippen LogP contribution is 2.43. The molecule has 0 atom stereocenters. The Bertz CT molecular complexity index is 3420. The lowest BCUT2D eigenvalue weighted by Crippen LogP contribution is -1.88. The second-order valence-corrected chi connectivity index (χ2v) is 14.0. The Morgan fingerprint density at radius 2 is 0.463 bits per heavy atom. The lowest BCUT2D eigenvalue weighted by atomic mass is 9.93. The standard InChI is InChI=1S/C48H24O6/c1-4-10-28-25(7-1)13-16-37-46(28)52-43-22-34-31(19-40(43)49-37)35-23-44-42(51-39-18-15-27-9-3-6-12-30(27)48(39)53-44)21-33(35)36-24-45-41(20-32(34)36)50-38-17-14-26-8-2-5-11-29(26)47(38)54-45/h1-24H. The van der Waals surface area contributed by atoms with Gasteiger partial charge in [-0.15, -0.1) is 0 Å². The number of hydrogen-bond donors (Lipinski definition) is 0. The molecule has 0 N–H and O–H groups in total. The second-order valence-electron chi connectivity index (χ2n) is 14.0. The maximum Gasteiger partial charge on any atom is 0.177 e. The average Bonchev–Trinajstić information content (AvgIpc) is 3.22. The summed E-state index contributed by atoms with van der Waals surface area (Å²) in [4.78, 5) is 0. The monoisotopic (exact) mass is 696 g/mol. The average molecular weight is 697 g/mol. The quantitative estimate of drug-likeness (QED) is 0.116. The maximum absolute atomic E-state index is 6.70. The summed E-state index contributed by atoms with van der Waals surface area (Å²) >= 11 is 0. The molecule has 0 fully saturated rings. The van der Waals surface area contributed by atoms with E-state index < -0.39 is 0 Å². The molecule has 13 rings (SSSR count). The van der Waals surface area contributed by atoms with Crippen molar-refractivity contribution in [2.45, 2.75) is 0 Å². The number of hydrogen-bond acceptors (Lipinski definition) is 6. The van der Waals surface area contributed by atoms with Crippen molar-refractivity contribution in [3.05, 3.63) is 146 Å². The van der Waals surface area contributed by atoms with E-state index in [0.717, 1.165) is 64.6 Å². The highest BCUT2D eigenvalue weighted by atomic mass is 16.4. The van der Waals surface area contributed by atoms with Crippen molar-refractivity contribution >= 4 is 132 Å². The van der Waals surface area contributed by atoms with Crippen LogP contribution in [0.4, 0.5) is 0 Å². The summed E-state index contributed by atoms with van der Waals surface area (Å²) in [5, 5.41) is 12.1. The minimum atomic E-state index is 0.635. The van der Waals surface area contributed by atoms with Crippen LogP contribution in [0.1, 0.15) is 0 Å². The van der Waals surface area contributed by atoms with Gasteiger partial charge >= 0.3 is 0 Å². The van der Waals surface area contributed by atoms with Crippen LogP contribution in [-0.2, 0) is 0 Å². The van der Waals surface area contributed by atoms with E-state index in [0.29, 0.717) is 67.0 Å². The zero-order valence-corrected chi connectivity index (χ0v) is 28.3. The summed E-state index contributed by atoms with van der Waals surface area (Å²) in [6.07, 6.45) is 0. The highest BCUT2D eigenvalue weighted by Gasteiger charge is 2.19. The third kappa shape index (κ3) is 3.83. The fraction of sp³-hybridized carbons (Fsp3) is 0. The Morgan fingerprint density at radius 3 is 0.759 bits per heavy atom. The van der Waals surface area contributed by atoms with Gasteiger partial charge in [0.2, 0.25) is 0 Å². The molecule has 252 valence electrons. The summed E-state index contributed by atoms with van der Waals surface area (Å²) < 4.78 is 39.9. The smallest absolute Gasteiger partial charge is 0.177 e. The summed E-state index contributed by atoms with van der Waals surface area (Å²) in [5.74, 6) is 0. The first-order valence-electron chi connectivity index (χ1n) is 17.9. The van der Waals surface area contributed by atoms with Gasteiger partial charge in [0, 0.05) is 16.2 Å². The molecule has 6 heteroatoms. The molecule has 0 spiro atoms. The van der Waals surface area contributed by atoms with Gasteiger partial charge in [0.15, 0.2) is 67.0 Å². The molecular weight excluding hydrogens is 673 g/mol. The van der Waals surface area contributed by atoms with Crippen molar-refractivity contribution in [2.24, 2.45) is 0 Å². The van der Waals surface area contributed by atoms with E-state index in [1.165, 1.54) is 0 Å². The van der Waals surface area contributed by atoms with Crippen LogP contribution in [0, 0.1) is 0 Å². The van der Waals surface area contributed by atoms with Gasteiger partial charge in [-0.25, -0.2) is 0 Å². The minimum Gasteiger partial charge on any atom is -0.449 e. The lowest BCUT2D eigenvalue weighted by molar-refractivity contribution is 0.584. The van der Waals surface area contributed by atoms with Crippen LogP contribution < -0.4 is 0 Å². The molecule has 3 aromatic heterocycles. The predicted molar refractivity (Wildman–Crippen MR) is 217 cm³/mol. The Labute approximate surface area is 302 Å². The molecule has 0 aliphatic rings. The Hall–Kier alpha value is -7.44. The largest absolute Gasteiger partial charge is 0.449 e. The van der Waals surface area contributed by atoms with Crippen LogP contribution >= 0.6 is 0 Å². The van der Waals surface area contributed by atoms with Gasteiger partial charge in [0.25, 0.3) is 0 Å². The molecule has 0 unspecified atom stereocenters. The highest BCUT2D eigenvalue weighted by molar-refractivity contribution is 6.29. The van der Waals surface area contributed by atoms with E-state index in [-0.39, 0.29) is 0 Å². The third-order valence-electron chi connectivity index (χ3n) is 10.9. The normalized spacial score (nSPS) is 12.4. The molecule has 0 aliphatic heterocycles. The van der Waals surface area contributed by atoms with E-state index in [4.69, 9.17) is 26.5 Å². The van der Waals surface area contributed by atoms with E-state index in [1.54, 1.807) is 0 Å². The molecule has 0 amide bonds. The topological polar surface area (TPSA) is 78.8 Å². The van der Waals surface area contributed by atoms with Crippen LogP contribution in [0.15, 0.2) is 172 Å². The third-order valence-corrected chi connectivity index (χ3v) is 10.9. The zero-order valence-electron chi connectivity index (χ0n) is 28.3. The molecule has 6 nitrogen and oxygen atoms in total. The molecule has 0 saturated carbocycles. The van der Waals surface area contributed by atoms with E-state index >= 15 is 0 Å². The summed E-state index contributed by atoms with van der Waals surface area (Å²) in [6.45, 7) is 0. The van der Waals surface area contributed by atoms with Crippen molar-refractivity contribution in [3.8, 4) is 0 Å². The molecule has 0 bridgehead atoms. The van der Waals surface area contributed by atoms with Gasteiger partial charge in [-0.2, -0.15) is 0 Å². The maximum atomic E-state index is 6.70. The first kappa shape index (κ1) is 28.2. The number of fused-ring (bicyclic) bond motifs is 18. The second kappa shape index (κ2) is 10.1. The summed E-state index contributed by atoms with van der Waals surface area (Å²) in [6, 6.07) is 49.1. The lowest BCUT2D eigenvalue weighted by Gasteiger charge is -2.14. The van der Waals surface area contributed by atoms with Crippen LogP contribution in [0.5, 0.6) is 0 Å². The van der Waals surface area contributed by atoms with Crippen LogP contribution in [-0.4, -0.2) is 0 Å². The van der Waals surface area contributed by atoms with Gasteiger partial charge in [-0.1, -0.05) is 91.0 Å². The number of rotatable bonds is 0. The predicted octanol–water partition coefficient (Wildman–Crippen LogP) is 14.8. The molecule has 13 aromatic rings.